The zero-order valence-electron chi connectivity index (χ0n) is 16.0. The van der Waals surface area contributed by atoms with Crippen molar-refractivity contribution < 1.29 is 58.9 Å². The third-order valence-corrected chi connectivity index (χ3v) is 7.32. The van der Waals surface area contributed by atoms with Gasteiger partial charge in [0.15, 0.2) is 0 Å². The second-order valence-electron chi connectivity index (χ2n) is 6.52. The van der Waals surface area contributed by atoms with Crippen molar-refractivity contribution in [3.63, 3.8) is 0 Å². The summed E-state index contributed by atoms with van der Waals surface area (Å²) in [6.45, 7) is 11.4. The smallest absolute Gasteiger partial charge is 1.00 e. The van der Waals surface area contributed by atoms with Gasteiger partial charge in [-0.2, -0.15) is 17.2 Å². The number of hydrogen-bond donors (Lipinski definition) is 0. The zero-order valence-corrected chi connectivity index (χ0v) is 21.2. The van der Waals surface area contributed by atoms with Crippen LogP contribution in [0.15, 0.2) is 24.3 Å². The van der Waals surface area contributed by atoms with Crippen LogP contribution in [0.1, 0.15) is 54.0 Å². The molecule has 0 aliphatic rings. The van der Waals surface area contributed by atoms with E-state index in [-0.39, 0.29) is 68.5 Å². The van der Waals surface area contributed by atoms with E-state index < -0.39 is 0 Å². The van der Waals surface area contributed by atoms with Crippen molar-refractivity contribution in [3.05, 3.63) is 52.1 Å². The summed E-state index contributed by atoms with van der Waals surface area (Å²) in [5.41, 5.74) is 7.55. The van der Waals surface area contributed by atoms with E-state index in [1.54, 1.807) is 21.5 Å². The Hall–Kier alpha value is 0.371. The second-order valence-corrected chi connectivity index (χ2v) is 8.34. The maximum Gasteiger partial charge on any atom is 4.00 e. The fourth-order valence-electron chi connectivity index (χ4n) is 3.36. The number of halogens is 3. The molecule has 0 saturated heterocycles. The van der Waals surface area contributed by atoms with Crippen LogP contribution in [0.5, 0.6) is 0 Å². The van der Waals surface area contributed by atoms with E-state index in [4.69, 9.17) is 0 Å². The summed E-state index contributed by atoms with van der Waals surface area (Å²) in [7, 11) is -0.345. The molecule has 25 heavy (non-hydrogen) atoms. The molecule has 138 valence electrons. The number of aryl methyl sites for hydroxylation is 4. The normalized spacial score (nSPS) is 9.80. The molecule has 0 atom stereocenters. The van der Waals surface area contributed by atoms with Gasteiger partial charge in [-0.3, -0.25) is 0 Å². The fraction of sp³-hybridized carbons (Fsp3) is 0.450. The molecular formula is C20H29Cl3SiTi. The average Bonchev–Trinajstić information content (AvgIpc) is 2.75. The maximum absolute atomic E-state index is 2.40. The van der Waals surface area contributed by atoms with Gasteiger partial charge in [0.2, 0.25) is 0 Å². The third kappa shape index (κ3) is 8.28. The Labute approximate surface area is 190 Å². The second kappa shape index (κ2) is 14.4. The first kappa shape index (κ1) is 30.1. The van der Waals surface area contributed by atoms with Gasteiger partial charge in [-0.15, -0.1) is 0 Å². The first-order valence-electron chi connectivity index (χ1n) is 8.33. The Morgan fingerprint density at radius 1 is 0.920 bits per heavy atom. The zero-order chi connectivity index (χ0) is 15.4. The first-order chi connectivity index (χ1) is 10.0. The van der Waals surface area contributed by atoms with E-state index in [0.29, 0.717) is 0 Å². The molecule has 0 amide bonds. The quantitative estimate of drug-likeness (QED) is 0.234. The minimum absolute atomic E-state index is 0. The summed E-state index contributed by atoms with van der Waals surface area (Å²) >= 11 is 0. The minimum atomic E-state index is -0.345. The van der Waals surface area contributed by atoms with Crippen LogP contribution in [0.25, 0.3) is 0 Å². The molecule has 0 heterocycles. The van der Waals surface area contributed by atoms with E-state index in [1.165, 1.54) is 42.4 Å². The molecule has 0 nitrogen and oxygen atoms in total. The molecule has 2 rings (SSSR count). The van der Waals surface area contributed by atoms with Crippen molar-refractivity contribution >= 4 is 19.9 Å². The standard InChI is InChI=1S/C20H29Si.3ClH.Ti/c1-6-7-8-9-18-10-11-19(17(18)5)21-20-15(3)12-14(2)13-16(20)4;;;;/h10-13H,6-9,21H2,1-5H3;3*1H;/q-1;;;;+4/p-3. The van der Waals surface area contributed by atoms with Gasteiger partial charge in [0.25, 0.3) is 0 Å². The van der Waals surface area contributed by atoms with Gasteiger partial charge in [-0.25, -0.2) is 11.3 Å². The minimum Gasteiger partial charge on any atom is -1.00 e. The van der Waals surface area contributed by atoms with E-state index in [0.717, 1.165) is 0 Å². The van der Waals surface area contributed by atoms with Gasteiger partial charge in [0.1, 0.15) is 0 Å². The number of rotatable bonds is 6. The molecule has 0 fully saturated rings. The van der Waals surface area contributed by atoms with Crippen LogP contribution in [-0.2, 0) is 28.1 Å². The molecule has 0 saturated carbocycles. The Balaban J connectivity index is -0.00000121. The predicted molar refractivity (Wildman–Crippen MR) is 98.5 cm³/mol. The SMILES string of the molecule is CCCCC[c-]1ccc([SiH2]c2c(C)cc(C)cc2C)c1C.[Cl-].[Cl-].[Cl-].[Ti+4]. The van der Waals surface area contributed by atoms with Crippen LogP contribution in [0.3, 0.4) is 0 Å². The third-order valence-electron chi connectivity index (χ3n) is 4.71. The van der Waals surface area contributed by atoms with Gasteiger partial charge < -0.3 is 37.2 Å². The molecule has 0 aliphatic heterocycles. The Morgan fingerprint density at radius 3 is 2.00 bits per heavy atom. The molecule has 2 aromatic carbocycles. The van der Waals surface area contributed by atoms with Crippen molar-refractivity contribution in [3.8, 4) is 0 Å². The van der Waals surface area contributed by atoms with Crippen LogP contribution in [0, 0.1) is 27.7 Å². The van der Waals surface area contributed by atoms with Crippen LogP contribution >= 0.6 is 0 Å². The summed E-state index contributed by atoms with van der Waals surface area (Å²) in [4.78, 5) is 0. The molecule has 0 radical (unpaired) electrons. The van der Waals surface area contributed by atoms with Crippen LogP contribution in [-0.4, -0.2) is 9.52 Å². The van der Waals surface area contributed by atoms with Crippen molar-refractivity contribution in [2.24, 2.45) is 0 Å². The van der Waals surface area contributed by atoms with Gasteiger partial charge in [0, 0.05) is 9.52 Å². The van der Waals surface area contributed by atoms with Crippen LogP contribution < -0.4 is 47.6 Å². The van der Waals surface area contributed by atoms with E-state index in [1.807, 2.05) is 0 Å². The predicted octanol–water partition coefficient (Wildman–Crippen LogP) is -5.50. The molecule has 0 bridgehead atoms. The van der Waals surface area contributed by atoms with Crippen LogP contribution in [0.2, 0.25) is 0 Å². The number of hydrogen-bond acceptors (Lipinski definition) is 0. The topological polar surface area (TPSA) is 0 Å². The van der Waals surface area contributed by atoms with Crippen molar-refractivity contribution in [2.45, 2.75) is 60.3 Å². The summed E-state index contributed by atoms with van der Waals surface area (Å²) in [5, 5.41) is 3.30. The van der Waals surface area contributed by atoms with E-state index in [9.17, 15) is 0 Å². The molecule has 0 N–H and O–H groups in total. The molecule has 0 aromatic heterocycles. The summed E-state index contributed by atoms with van der Waals surface area (Å²) < 4.78 is 0. The Bertz CT molecular complexity index is 600. The van der Waals surface area contributed by atoms with E-state index in [2.05, 4.69) is 58.9 Å². The molecule has 5 heteroatoms. The Morgan fingerprint density at radius 2 is 1.48 bits per heavy atom. The van der Waals surface area contributed by atoms with Crippen molar-refractivity contribution in [1.82, 2.24) is 0 Å². The summed E-state index contributed by atoms with van der Waals surface area (Å²) in [6.07, 6.45) is 5.27. The van der Waals surface area contributed by atoms with Gasteiger partial charge in [0.05, 0.1) is 0 Å². The number of benzene rings is 1. The molecule has 2 aromatic rings. The Kier molecular flexibility index (Phi) is 17.4. The molecule has 0 spiro atoms. The molecule has 0 unspecified atom stereocenters. The van der Waals surface area contributed by atoms with Gasteiger partial charge in [-0.05, 0) is 20.8 Å². The summed E-state index contributed by atoms with van der Waals surface area (Å²) in [5.74, 6) is 0. The molecular weight excluding hydrogens is 423 g/mol. The first-order valence-corrected chi connectivity index (χ1v) is 9.75. The monoisotopic (exact) mass is 450 g/mol. The average molecular weight is 452 g/mol. The van der Waals surface area contributed by atoms with Crippen LogP contribution in [0.4, 0.5) is 0 Å². The maximum atomic E-state index is 2.40. The number of unbranched alkanes of at least 4 members (excludes halogenated alkanes) is 2. The molecule has 0 aliphatic carbocycles. The summed E-state index contributed by atoms with van der Waals surface area (Å²) in [6, 6.07) is 9.47. The largest absolute Gasteiger partial charge is 4.00 e. The van der Waals surface area contributed by atoms with E-state index >= 15 is 0 Å². The van der Waals surface area contributed by atoms with Gasteiger partial charge >= 0.3 is 21.7 Å². The van der Waals surface area contributed by atoms with Crippen molar-refractivity contribution in [1.29, 1.82) is 0 Å². The van der Waals surface area contributed by atoms with Crippen molar-refractivity contribution in [2.75, 3.05) is 0 Å². The fourth-order valence-corrected chi connectivity index (χ4v) is 5.24. The van der Waals surface area contributed by atoms with Gasteiger partial charge in [-0.1, -0.05) is 73.5 Å².